The van der Waals surface area contributed by atoms with E-state index in [1.807, 2.05) is 0 Å². The minimum Gasteiger partial charge on any atom is -0.462 e. The van der Waals surface area contributed by atoms with Crippen molar-refractivity contribution in [1.82, 2.24) is 0 Å². The summed E-state index contributed by atoms with van der Waals surface area (Å²) >= 11 is 0. The van der Waals surface area contributed by atoms with Crippen LogP contribution in [0.15, 0.2) is 36.5 Å². The van der Waals surface area contributed by atoms with E-state index in [9.17, 15) is 14.4 Å². The molecule has 0 fully saturated rings. The van der Waals surface area contributed by atoms with Crippen LogP contribution >= 0.6 is 0 Å². The highest BCUT2D eigenvalue weighted by Gasteiger charge is 2.19. The van der Waals surface area contributed by atoms with Gasteiger partial charge in [0.1, 0.15) is 13.2 Å². The Kier molecular flexibility index (Phi) is 43.4. The van der Waals surface area contributed by atoms with Gasteiger partial charge in [0, 0.05) is 19.3 Å². The molecular formula is C50H90O6. The first kappa shape index (κ1) is 53.6. The standard InChI is InChI=1S/C50H90O6/c1-4-7-10-13-16-19-22-24-25-27-28-31-34-37-40-43-49(52)55-46-47(45-54-48(51)42-39-36-33-30-21-18-15-12-9-6-3)56-50(53)44-41-38-35-32-29-26-23-20-17-14-11-8-5-2/h15-16,18-19,22,24,47H,4-14,17,20-21,23,25-46H2,1-3H3/b18-15-,19-16-,24-22-. The quantitative estimate of drug-likeness (QED) is 0.0201. The maximum absolute atomic E-state index is 12.7. The van der Waals surface area contributed by atoms with Crippen LogP contribution in [-0.2, 0) is 28.6 Å². The van der Waals surface area contributed by atoms with E-state index in [0.717, 1.165) is 83.5 Å². The smallest absolute Gasteiger partial charge is 0.306 e. The molecule has 0 bridgehead atoms. The van der Waals surface area contributed by atoms with Gasteiger partial charge in [-0.1, -0.05) is 198 Å². The molecule has 1 unspecified atom stereocenters. The summed E-state index contributed by atoms with van der Waals surface area (Å²) in [7, 11) is 0. The van der Waals surface area contributed by atoms with Gasteiger partial charge in [-0.25, -0.2) is 0 Å². The minimum atomic E-state index is -0.775. The Labute approximate surface area is 346 Å². The van der Waals surface area contributed by atoms with E-state index < -0.39 is 6.10 Å². The summed E-state index contributed by atoms with van der Waals surface area (Å²) in [6.45, 7) is 6.55. The normalized spacial score (nSPS) is 12.3. The molecule has 0 aliphatic heterocycles. The zero-order chi connectivity index (χ0) is 40.8. The molecule has 56 heavy (non-hydrogen) atoms. The van der Waals surface area contributed by atoms with E-state index in [1.54, 1.807) is 0 Å². The Hall–Kier alpha value is -2.37. The van der Waals surface area contributed by atoms with Gasteiger partial charge in [-0.3, -0.25) is 14.4 Å². The third-order valence-corrected chi connectivity index (χ3v) is 10.4. The third-order valence-electron chi connectivity index (χ3n) is 10.4. The topological polar surface area (TPSA) is 78.9 Å². The number of unbranched alkanes of at least 4 members (excludes halogenated alkanes) is 27. The van der Waals surface area contributed by atoms with Gasteiger partial charge in [-0.2, -0.15) is 0 Å². The van der Waals surface area contributed by atoms with Crippen LogP contribution in [0, 0.1) is 0 Å². The number of carbonyl (C=O) groups excluding carboxylic acids is 3. The molecule has 0 saturated heterocycles. The Morgan fingerprint density at radius 1 is 0.357 bits per heavy atom. The fraction of sp³-hybridized carbons (Fsp3) is 0.820. The van der Waals surface area contributed by atoms with Crippen molar-refractivity contribution < 1.29 is 28.6 Å². The van der Waals surface area contributed by atoms with E-state index in [4.69, 9.17) is 14.2 Å². The van der Waals surface area contributed by atoms with Gasteiger partial charge >= 0.3 is 17.9 Å². The van der Waals surface area contributed by atoms with Gasteiger partial charge in [0.2, 0.25) is 0 Å². The van der Waals surface area contributed by atoms with Gasteiger partial charge in [0.05, 0.1) is 0 Å². The van der Waals surface area contributed by atoms with Crippen LogP contribution < -0.4 is 0 Å². The number of hydrogen-bond donors (Lipinski definition) is 0. The highest BCUT2D eigenvalue weighted by atomic mass is 16.6. The molecule has 1 atom stereocenters. The van der Waals surface area contributed by atoms with Crippen LogP contribution in [0.2, 0.25) is 0 Å². The maximum Gasteiger partial charge on any atom is 0.306 e. The number of hydrogen-bond acceptors (Lipinski definition) is 6. The fourth-order valence-electron chi connectivity index (χ4n) is 6.71. The predicted molar refractivity (Wildman–Crippen MR) is 238 cm³/mol. The number of rotatable bonds is 43. The molecule has 0 spiro atoms. The summed E-state index contributed by atoms with van der Waals surface area (Å²) in [6, 6.07) is 0. The van der Waals surface area contributed by atoms with E-state index in [0.29, 0.717) is 19.3 Å². The molecule has 0 N–H and O–H groups in total. The van der Waals surface area contributed by atoms with Crippen LogP contribution in [0.1, 0.15) is 245 Å². The monoisotopic (exact) mass is 787 g/mol. The highest BCUT2D eigenvalue weighted by Crippen LogP contribution is 2.15. The molecular weight excluding hydrogens is 697 g/mol. The first-order chi connectivity index (χ1) is 27.5. The average Bonchev–Trinajstić information content (AvgIpc) is 3.19. The second-order valence-corrected chi connectivity index (χ2v) is 16.0. The SMILES string of the molecule is CCCC/C=C\CCCCCCC(=O)OCC(COC(=O)CCCCCCCC/C=C\C=C/CCCCC)OC(=O)CCCCCCCCCCCCCCC. The Morgan fingerprint density at radius 2 is 0.661 bits per heavy atom. The lowest BCUT2D eigenvalue weighted by atomic mass is 10.0. The summed E-state index contributed by atoms with van der Waals surface area (Å²) in [5.74, 6) is -0.899. The summed E-state index contributed by atoms with van der Waals surface area (Å²) in [4.78, 5) is 37.8. The molecule has 6 heteroatoms. The van der Waals surface area contributed by atoms with E-state index in [1.165, 1.54) is 122 Å². The summed E-state index contributed by atoms with van der Waals surface area (Å²) < 4.78 is 16.7. The molecule has 0 rings (SSSR count). The van der Waals surface area contributed by atoms with Gasteiger partial charge in [-0.15, -0.1) is 0 Å². The third kappa shape index (κ3) is 42.8. The Bertz CT molecular complexity index is 953. The lowest BCUT2D eigenvalue weighted by Crippen LogP contribution is -2.30. The molecule has 0 aromatic rings. The first-order valence-electron chi connectivity index (χ1n) is 24.0. The molecule has 0 aliphatic rings. The van der Waals surface area contributed by atoms with Crippen LogP contribution in [0.25, 0.3) is 0 Å². The van der Waals surface area contributed by atoms with Crippen molar-refractivity contribution in [2.24, 2.45) is 0 Å². The maximum atomic E-state index is 12.7. The molecule has 0 aromatic carbocycles. The fourth-order valence-corrected chi connectivity index (χ4v) is 6.71. The molecule has 6 nitrogen and oxygen atoms in total. The van der Waals surface area contributed by atoms with Crippen molar-refractivity contribution in [1.29, 1.82) is 0 Å². The molecule has 0 heterocycles. The van der Waals surface area contributed by atoms with E-state index in [-0.39, 0.29) is 31.1 Å². The summed E-state index contributed by atoms with van der Waals surface area (Å²) in [5.41, 5.74) is 0. The van der Waals surface area contributed by atoms with Crippen LogP contribution in [0.4, 0.5) is 0 Å². The zero-order valence-corrected chi connectivity index (χ0v) is 37.2. The van der Waals surface area contributed by atoms with Crippen molar-refractivity contribution in [3.8, 4) is 0 Å². The number of allylic oxidation sites excluding steroid dienone is 6. The van der Waals surface area contributed by atoms with Gasteiger partial charge in [0.15, 0.2) is 6.10 Å². The average molecular weight is 787 g/mol. The predicted octanol–water partition coefficient (Wildman–Crippen LogP) is 15.4. The largest absolute Gasteiger partial charge is 0.462 e. The second-order valence-electron chi connectivity index (χ2n) is 16.0. The minimum absolute atomic E-state index is 0.0797. The van der Waals surface area contributed by atoms with Crippen LogP contribution in [-0.4, -0.2) is 37.2 Å². The van der Waals surface area contributed by atoms with Gasteiger partial charge < -0.3 is 14.2 Å². The molecule has 0 aromatic heterocycles. The van der Waals surface area contributed by atoms with Gasteiger partial charge in [0.25, 0.3) is 0 Å². The number of carbonyl (C=O) groups is 3. The zero-order valence-electron chi connectivity index (χ0n) is 37.2. The molecule has 326 valence electrons. The van der Waals surface area contributed by atoms with Crippen molar-refractivity contribution in [3.05, 3.63) is 36.5 Å². The van der Waals surface area contributed by atoms with E-state index >= 15 is 0 Å². The molecule has 0 aliphatic carbocycles. The molecule has 0 radical (unpaired) electrons. The lowest BCUT2D eigenvalue weighted by molar-refractivity contribution is -0.167. The number of ether oxygens (including phenoxy) is 3. The van der Waals surface area contributed by atoms with Crippen molar-refractivity contribution in [3.63, 3.8) is 0 Å². The van der Waals surface area contributed by atoms with Crippen LogP contribution in [0.3, 0.4) is 0 Å². The molecule has 0 saturated carbocycles. The second kappa shape index (κ2) is 45.3. The Balaban J connectivity index is 4.37. The van der Waals surface area contributed by atoms with Crippen molar-refractivity contribution in [2.75, 3.05) is 13.2 Å². The summed E-state index contributed by atoms with van der Waals surface area (Å²) in [5, 5.41) is 0. The number of esters is 3. The molecule has 0 amide bonds. The van der Waals surface area contributed by atoms with Crippen LogP contribution in [0.5, 0.6) is 0 Å². The highest BCUT2D eigenvalue weighted by molar-refractivity contribution is 5.71. The van der Waals surface area contributed by atoms with Crippen molar-refractivity contribution >= 4 is 17.9 Å². The Morgan fingerprint density at radius 3 is 1.09 bits per heavy atom. The summed E-state index contributed by atoms with van der Waals surface area (Å²) in [6.07, 6.45) is 51.2. The van der Waals surface area contributed by atoms with Crippen molar-refractivity contribution in [2.45, 2.75) is 252 Å². The van der Waals surface area contributed by atoms with Gasteiger partial charge in [-0.05, 0) is 64.2 Å². The van der Waals surface area contributed by atoms with E-state index in [2.05, 4.69) is 57.2 Å². The first-order valence-corrected chi connectivity index (χ1v) is 24.0. The lowest BCUT2D eigenvalue weighted by Gasteiger charge is -2.18.